The van der Waals surface area contributed by atoms with Gasteiger partial charge in [-0.25, -0.2) is 0 Å². The lowest BCUT2D eigenvalue weighted by atomic mass is 10.1. The summed E-state index contributed by atoms with van der Waals surface area (Å²) in [6.45, 7) is 0.243. The van der Waals surface area contributed by atoms with Crippen LogP contribution in [0.15, 0.2) is 42.7 Å². The summed E-state index contributed by atoms with van der Waals surface area (Å²) in [5.41, 5.74) is 0.609. The minimum atomic E-state index is 0.00111. The molecule has 76 valence electrons. The number of hydrogen-bond acceptors (Lipinski definition) is 2. The number of aromatic nitrogens is 2. The summed E-state index contributed by atoms with van der Waals surface area (Å²) < 4.78 is 1.59. The first-order chi connectivity index (χ1) is 7.25. The topological polar surface area (TPSA) is 34.9 Å². The number of halogens is 1. The fraction of sp³-hybridized carbons (Fsp3) is 0.0909. The lowest BCUT2D eigenvalue weighted by Gasteiger charge is -2.01. The molecule has 0 atom stereocenters. The standard InChI is InChI=1S/C11H9ClN2O/c12-10-4-1-3-9(7-10)11(15)8-14-6-2-5-13-14/h1-7H,8H2. The largest absolute Gasteiger partial charge is 0.292 e. The average molecular weight is 221 g/mol. The third-order valence-electron chi connectivity index (χ3n) is 2.01. The second-order valence-corrected chi connectivity index (χ2v) is 3.57. The maximum absolute atomic E-state index is 11.7. The van der Waals surface area contributed by atoms with Crippen LogP contribution >= 0.6 is 11.6 Å². The summed E-state index contributed by atoms with van der Waals surface area (Å²) in [5.74, 6) is 0.00111. The molecule has 0 bridgehead atoms. The van der Waals surface area contributed by atoms with E-state index in [0.29, 0.717) is 10.6 Å². The van der Waals surface area contributed by atoms with E-state index in [4.69, 9.17) is 11.6 Å². The molecule has 1 heterocycles. The van der Waals surface area contributed by atoms with E-state index in [2.05, 4.69) is 5.10 Å². The van der Waals surface area contributed by atoms with Gasteiger partial charge < -0.3 is 0 Å². The Bertz CT molecular complexity index is 465. The predicted molar refractivity (Wildman–Crippen MR) is 58.0 cm³/mol. The molecule has 2 rings (SSSR count). The average Bonchev–Trinajstić information content (AvgIpc) is 2.70. The van der Waals surface area contributed by atoms with Crippen molar-refractivity contribution in [3.8, 4) is 0 Å². The molecule has 1 aromatic heterocycles. The second kappa shape index (κ2) is 4.28. The van der Waals surface area contributed by atoms with Gasteiger partial charge in [0.2, 0.25) is 0 Å². The zero-order valence-electron chi connectivity index (χ0n) is 7.93. The normalized spacial score (nSPS) is 10.2. The van der Waals surface area contributed by atoms with Gasteiger partial charge in [-0.05, 0) is 18.2 Å². The summed E-state index contributed by atoms with van der Waals surface area (Å²) in [6.07, 6.45) is 3.40. The van der Waals surface area contributed by atoms with Gasteiger partial charge in [-0.3, -0.25) is 9.48 Å². The number of carbonyl (C=O) groups excluding carboxylic acids is 1. The van der Waals surface area contributed by atoms with Crippen molar-refractivity contribution in [2.45, 2.75) is 6.54 Å². The first-order valence-electron chi connectivity index (χ1n) is 4.52. The first-order valence-corrected chi connectivity index (χ1v) is 4.90. The van der Waals surface area contributed by atoms with Crippen molar-refractivity contribution in [1.29, 1.82) is 0 Å². The number of rotatable bonds is 3. The Kier molecular flexibility index (Phi) is 2.83. The SMILES string of the molecule is O=C(Cn1cccn1)c1cccc(Cl)c1. The molecular formula is C11H9ClN2O. The zero-order chi connectivity index (χ0) is 10.7. The molecule has 0 unspecified atom stereocenters. The Balaban J connectivity index is 2.15. The summed E-state index contributed by atoms with van der Waals surface area (Å²) in [5, 5.41) is 4.54. The highest BCUT2D eigenvalue weighted by molar-refractivity contribution is 6.30. The number of Topliss-reactive ketones (excluding diaryl/α,β-unsaturated/α-hetero) is 1. The van der Waals surface area contributed by atoms with Crippen molar-refractivity contribution in [3.05, 3.63) is 53.3 Å². The van der Waals surface area contributed by atoms with Crippen LogP contribution in [0.25, 0.3) is 0 Å². The molecule has 0 radical (unpaired) electrons. The van der Waals surface area contributed by atoms with E-state index in [9.17, 15) is 4.79 Å². The minimum absolute atomic E-state index is 0.00111. The Hall–Kier alpha value is -1.61. The summed E-state index contributed by atoms with van der Waals surface area (Å²) in [4.78, 5) is 11.7. The molecule has 0 amide bonds. The van der Waals surface area contributed by atoms with Crippen molar-refractivity contribution in [2.24, 2.45) is 0 Å². The van der Waals surface area contributed by atoms with Gasteiger partial charge in [-0.15, -0.1) is 0 Å². The highest BCUT2D eigenvalue weighted by atomic mass is 35.5. The van der Waals surface area contributed by atoms with Gasteiger partial charge >= 0.3 is 0 Å². The number of nitrogens with zero attached hydrogens (tertiary/aromatic N) is 2. The van der Waals surface area contributed by atoms with E-state index in [1.165, 1.54) is 0 Å². The van der Waals surface area contributed by atoms with Gasteiger partial charge in [-0.1, -0.05) is 23.7 Å². The van der Waals surface area contributed by atoms with Crippen LogP contribution in [-0.4, -0.2) is 15.6 Å². The Labute approximate surface area is 92.3 Å². The van der Waals surface area contributed by atoms with Crippen LogP contribution in [-0.2, 0) is 6.54 Å². The van der Waals surface area contributed by atoms with Crippen molar-refractivity contribution in [2.75, 3.05) is 0 Å². The van der Waals surface area contributed by atoms with Crippen molar-refractivity contribution < 1.29 is 4.79 Å². The van der Waals surface area contributed by atoms with Gasteiger partial charge in [0.25, 0.3) is 0 Å². The molecule has 1 aromatic carbocycles. The Morgan fingerprint density at radius 1 is 1.40 bits per heavy atom. The Morgan fingerprint density at radius 2 is 2.27 bits per heavy atom. The highest BCUT2D eigenvalue weighted by Crippen LogP contribution is 2.11. The van der Waals surface area contributed by atoms with Crippen LogP contribution in [0.2, 0.25) is 5.02 Å². The summed E-state index contributed by atoms with van der Waals surface area (Å²) >= 11 is 5.80. The molecule has 0 aliphatic heterocycles. The molecule has 0 saturated carbocycles. The van der Waals surface area contributed by atoms with Gasteiger partial charge in [0.05, 0.1) is 0 Å². The predicted octanol–water partition coefficient (Wildman–Crippen LogP) is 2.42. The second-order valence-electron chi connectivity index (χ2n) is 3.14. The van der Waals surface area contributed by atoms with E-state index in [-0.39, 0.29) is 12.3 Å². The lowest BCUT2D eigenvalue weighted by Crippen LogP contribution is -2.10. The summed E-state index contributed by atoms with van der Waals surface area (Å²) in [7, 11) is 0. The van der Waals surface area contributed by atoms with Gasteiger partial charge in [0.15, 0.2) is 5.78 Å². The number of hydrogen-bond donors (Lipinski definition) is 0. The molecule has 0 aliphatic carbocycles. The van der Waals surface area contributed by atoms with E-state index < -0.39 is 0 Å². The van der Waals surface area contributed by atoms with Crippen LogP contribution < -0.4 is 0 Å². The number of benzene rings is 1. The monoisotopic (exact) mass is 220 g/mol. The van der Waals surface area contributed by atoms with Crippen LogP contribution in [0, 0.1) is 0 Å². The van der Waals surface area contributed by atoms with Crippen molar-refractivity contribution in [1.82, 2.24) is 9.78 Å². The fourth-order valence-electron chi connectivity index (χ4n) is 1.29. The molecule has 15 heavy (non-hydrogen) atoms. The van der Waals surface area contributed by atoms with E-state index in [0.717, 1.165) is 0 Å². The quantitative estimate of drug-likeness (QED) is 0.745. The van der Waals surface area contributed by atoms with Gasteiger partial charge in [-0.2, -0.15) is 5.10 Å². The first kappa shape index (κ1) is 9.93. The van der Waals surface area contributed by atoms with Crippen molar-refractivity contribution >= 4 is 17.4 Å². The molecule has 2 aromatic rings. The number of carbonyl (C=O) groups is 1. The van der Waals surface area contributed by atoms with Crippen LogP contribution in [0.1, 0.15) is 10.4 Å². The van der Waals surface area contributed by atoms with Gasteiger partial charge in [0, 0.05) is 23.0 Å². The minimum Gasteiger partial charge on any atom is -0.292 e. The van der Waals surface area contributed by atoms with Gasteiger partial charge in [0.1, 0.15) is 6.54 Å². The third kappa shape index (κ3) is 2.44. The molecule has 0 fully saturated rings. The maximum atomic E-state index is 11.7. The van der Waals surface area contributed by atoms with E-state index in [1.54, 1.807) is 47.4 Å². The molecule has 0 saturated heterocycles. The van der Waals surface area contributed by atoms with Crippen LogP contribution in [0.5, 0.6) is 0 Å². The van der Waals surface area contributed by atoms with Crippen LogP contribution in [0.3, 0.4) is 0 Å². The Morgan fingerprint density at radius 3 is 2.93 bits per heavy atom. The fourth-order valence-corrected chi connectivity index (χ4v) is 1.48. The summed E-state index contributed by atoms with van der Waals surface area (Å²) in [6, 6.07) is 8.70. The third-order valence-corrected chi connectivity index (χ3v) is 2.25. The molecule has 0 aliphatic rings. The van der Waals surface area contributed by atoms with E-state index in [1.807, 2.05) is 0 Å². The molecule has 0 N–H and O–H groups in total. The lowest BCUT2D eigenvalue weighted by molar-refractivity contribution is 0.0967. The smallest absolute Gasteiger partial charge is 0.184 e. The van der Waals surface area contributed by atoms with Crippen LogP contribution in [0.4, 0.5) is 0 Å². The maximum Gasteiger partial charge on any atom is 0.184 e. The van der Waals surface area contributed by atoms with Crippen molar-refractivity contribution in [3.63, 3.8) is 0 Å². The number of ketones is 1. The molecule has 4 heteroatoms. The van der Waals surface area contributed by atoms with E-state index >= 15 is 0 Å². The molecular weight excluding hydrogens is 212 g/mol. The highest BCUT2D eigenvalue weighted by Gasteiger charge is 2.06. The zero-order valence-corrected chi connectivity index (χ0v) is 8.69. The molecule has 3 nitrogen and oxygen atoms in total. The molecule has 0 spiro atoms.